The molecule has 1 fully saturated rings. The number of hydrogen-bond donors (Lipinski definition) is 0. The van der Waals surface area contributed by atoms with Crippen molar-refractivity contribution < 1.29 is 9.47 Å². The molecule has 84 valence electrons. The van der Waals surface area contributed by atoms with Crippen molar-refractivity contribution in [3.05, 3.63) is 29.8 Å². The van der Waals surface area contributed by atoms with Crippen LogP contribution in [-0.2, 0) is 4.74 Å². The second-order valence-corrected chi connectivity index (χ2v) is 3.91. The molecule has 0 saturated heterocycles. The van der Waals surface area contributed by atoms with Crippen LogP contribution in [0.25, 0.3) is 0 Å². The van der Waals surface area contributed by atoms with Gasteiger partial charge in [0.1, 0.15) is 12.4 Å². The molecule has 0 spiro atoms. The minimum absolute atomic E-state index is 0.453. The van der Waals surface area contributed by atoms with Gasteiger partial charge in [-0.05, 0) is 37.5 Å². The molecule has 0 atom stereocenters. The molecule has 1 saturated carbocycles. The number of nitriles is 1. The molecule has 1 aromatic carbocycles. The van der Waals surface area contributed by atoms with Gasteiger partial charge in [0.05, 0.1) is 24.3 Å². The van der Waals surface area contributed by atoms with Gasteiger partial charge < -0.3 is 9.47 Å². The summed E-state index contributed by atoms with van der Waals surface area (Å²) >= 11 is 0. The van der Waals surface area contributed by atoms with Crippen LogP contribution in [0.5, 0.6) is 5.75 Å². The quantitative estimate of drug-likeness (QED) is 0.712. The summed E-state index contributed by atoms with van der Waals surface area (Å²) in [6.07, 6.45) is 4.11. The van der Waals surface area contributed by atoms with Crippen LogP contribution in [0.3, 0.4) is 0 Å². The van der Waals surface area contributed by atoms with Crippen molar-refractivity contribution >= 4 is 0 Å². The van der Waals surface area contributed by atoms with E-state index in [1.54, 1.807) is 12.1 Å². The fraction of sp³-hybridized carbons (Fsp3) is 0.462. The van der Waals surface area contributed by atoms with Gasteiger partial charge in [-0.1, -0.05) is 6.07 Å². The average molecular weight is 217 g/mol. The van der Waals surface area contributed by atoms with Gasteiger partial charge in [0, 0.05) is 0 Å². The first-order valence-corrected chi connectivity index (χ1v) is 5.63. The minimum Gasteiger partial charge on any atom is -0.491 e. The first kappa shape index (κ1) is 11.0. The minimum atomic E-state index is 0.453. The Bertz CT molecular complexity index is 380. The summed E-state index contributed by atoms with van der Waals surface area (Å²) in [5.41, 5.74) is 0.623. The molecule has 3 heteroatoms. The topological polar surface area (TPSA) is 42.2 Å². The van der Waals surface area contributed by atoms with Crippen LogP contribution < -0.4 is 4.74 Å². The maximum absolute atomic E-state index is 8.72. The summed E-state index contributed by atoms with van der Waals surface area (Å²) < 4.78 is 11.1. The van der Waals surface area contributed by atoms with Crippen molar-refractivity contribution in [2.45, 2.75) is 25.4 Å². The molecule has 0 amide bonds. The standard InChI is InChI=1S/C13H15NO2/c14-10-11-3-1-6-13(9-11)16-8-7-15-12-4-2-5-12/h1,3,6,9,12H,2,4-5,7-8H2. The molecular weight excluding hydrogens is 202 g/mol. The first-order valence-electron chi connectivity index (χ1n) is 5.63. The monoisotopic (exact) mass is 217 g/mol. The summed E-state index contributed by atoms with van der Waals surface area (Å²) in [6, 6.07) is 9.26. The molecule has 0 N–H and O–H groups in total. The molecule has 0 aliphatic heterocycles. The van der Waals surface area contributed by atoms with Gasteiger partial charge in [-0.15, -0.1) is 0 Å². The Labute approximate surface area is 95.6 Å². The van der Waals surface area contributed by atoms with Crippen molar-refractivity contribution in [1.82, 2.24) is 0 Å². The second kappa shape index (κ2) is 5.53. The number of benzene rings is 1. The molecule has 3 nitrogen and oxygen atoms in total. The van der Waals surface area contributed by atoms with Crippen LogP contribution in [0, 0.1) is 11.3 Å². The smallest absolute Gasteiger partial charge is 0.120 e. The van der Waals surface area contributed by atoms with E-state index in [0.29, 0.717) is 24.9 Å². The fourth-order valence-electron chi connectivity index (χ4n) is 1.57. The molecule has 0 radical (unpaired) electrons. The molecule has 1 aromatic rings. The van der Waals surface area contributed by atoms with Crippen LogP contribution in [0.15, 0.2) is 24.3 Å². The number of hydrogen-bond acceptors (Lipinski definition) is 3. The number of rotatable bonds is 5. The molecule has 1 aliphatic carbocycles. The van der Waals surface area contributed by atoms with Crippen LogP contribution in [0.1, 0.15) is 24.8 Å². The summed E-state index contributed by atoms with van der Waals surface area (Å²) in [5, 5.41) is 8.72. The van der Waals surface area contributed by atoms with Crippen LogP contribution in [0.2, 0.25) is 0 Å². The highest BCUT2D eigenvalue weighted by Crippen LogP contribution is 2.21. The van der Waals surface area contributed by atoms with Gasteiger partial charge in [0.15, 0.2) is 0 Å². The molecule has 0 unspecified atom stereocenters. The third-order valence-electron chi connectivity index (χ3n) is 2.72. The van der Waals surface area contributed by atoms with Crippen molar-refractivity contribution in [2.24, 2.45) is 0 Å². The lowest BCUT2D eigenvalue weighted by Crippen LogP contribution is -2.23. The van der Waals surface area contributed by atoms with E-state index < -0.39 is 0 Å². The molecule has 0 aromatic heterocycles. The van der Waals surface area contributed by atoms with E-state index in [2.05, 4.69) is 6.07 Å². The van der Waals surface area contributed by atoms with E-state index in [1.165, 1.54) is 19.3 Å². The van der Waals surface area contributed by atoms with E-state index in [-0.39, 0.29) is 0 Å². The first-order chi connectivity index (χ1) is 7.88. The number of nitrogens with zero attached hydrogens (tertiary/aromatic N) is 1. The SMILES string of the molecule is N#Cc1cccc(OCCOC2CCC2)c1. The largest absolute Gasteiger partial charge is 0.491 e. The lowest BCUT2D eigenvalue weighted by atomic mass is 9.96. The summed E-state index contributed by atoms with van der Waals surface area (Å²) in [5.74, 6) is 0.733. The Balaban J connectivity index is 1.70. The molecule has 0 heterocycles. The molecular formula is C13H15NO2. The van der Waals surface area contributed by atoms with E-state index in [4.69, 9.17) is 14.7 Å². The highest BCUT2D eigenvalue weighted by molar-refractivity contribution is 5.36. The van der Waals surface area contributed by atoms with Crippen molar-refractivity contribution in [3.8, 4) is 11.8 Å². The number of ether oxygens (including phenoxy) is 2. The summed E-state index contributed by atoms with van der Waals surface area (Å²) in [6.45, 7) is 1.17. The summed E-state index contributed by atoms with van der Waals surface area (Å²) in [4.78, 5) is 0. The molecule has 1 aliphatic rings. The Kier molecular flexibility index (Phi) is 3.79. The van der Waals surface area contributed by atoms with Gasteiger partial charge in [0.2, 0.25) is 0 Å². The average Bonchev–Trinajstić information content (AvgIpc) is 2.27. The third kappa shape index (κ3) is 2.98. The van der Waals surface area contributed by atoms with E-state index in [9.17, 15) is 0 Å². The van der Waals surface area contributed by atoms with Gasteiger partial charge in [-0.25, -0.2) is 0 Å². The molecule has 16 heavy (non-hydrogen) atoms. The van der Waals surface area contributed by atoms with Gasteiger partial charge in [-0.2, -0.15) is 5.26 Å². The van der Waals surface area contributed by atoms with Crippen molar-refractivity contribution in [1.29, 1.82) is 5.26 Å². The normalized spacial score (nSPS) is 15.2. The lowest BCUT2D eigenvalue weighted by Gasteiger charge is -2.25. The van der Waals surface area contributed by atoms with Crippen LogP contribution in [0.4, 0.5) is 0 Å². The maximum atomic E-state index is 8.72. The van der Waals surface area contributed by atoms with Gasteiger partial charge >= 0.3 is 0 Å². The van der Waals surface area contributed by atoms with Crippen LogP contribution >= 0.6 is 0 Å². The zero-order chi connectivity index (χ0) is 11.2. The zero-order valence-electron chi connectivity index (χ0n) is 9.19. The van der Waals surface area contributed by atoms with Crippen molar-refractivity contribution in [2.75, 3.05) is 13.2 Å². The highest BCUT2D eigenvalue weighted by atomic mass is 16.5. The Morgan fingerprint density at radius 3 is 2.88 bits per heavy atom. The Morgan fingerprint density at radius 1 is 1.31 bits per heavy atom. The third-order valence-corrected chi connectivity index (χ3v) is 2.72. The zero-order valence-corrected chi connectivity index (χ0v) is 9.19. The fourth-order valence-corrected chi connectivity index (χ4v) is 1.57. The van der Waals surface area contributed by atoms with E-state index in [1.807, 2.05) is 12.1 Å². The van der Waals surface area contributed by atoms with E-state index >= 15 is 0 Å². The van der Waals surface area contributed by atoms with Gasteiger partial charge in [0.25, 0.3) is 0 Å². The Hall–Kier alpha value is -1.53. The van der Waals surface area contributed by atoms with Gasteiger partial charge in [-0.3, -0.25) is 0 Å². The lowest BCUT2D eigenvalue weighted by molar-refractivity contribution is -0.0103. The highest BCUT2D eigenvalue weighted by Gasteiger charge is 2.17. The Morgan fingerprint density at radius 2 is 2.19 bits per heavy atom. The predicted molar refractivity (Wildman–Crippen MR) is 60.2 cm³/mol. The second-order valence-electron chi connectivity index (χ2n) is 3.91. The summed E-state index contributed by atoms with van der Waals surface area (Å²) in [7, 11) is 0. The predicted octanol–water partition coefficient (Wildman–Crippen LogP) is 2.51. The van der Waals surface area contributed by atoms with Crippen molar-refractivity contribution in [3.63, 3.8) is 0 Å². The molecule has 0 bridgehead atoms. The maximum Gasteiger partial charge on any atom is 0.120 e. The van der Waals surface area contributed by atoms with Crippen LogP contribution in [-0.4, -0.2) is 19.3 Å². The molecule has 2 rings (SSSR count). The van der Waals surface area contributed by atoms with E-state index in [0.717, 1.165) is 5.75 Å².